The van der Waals surface area contributed by atoms with Gasteiger partial charge in [0.25, 0.3) is 0 Å². The van der Waals surface area contributed by atoms with Crippen LogP contribution in [0.4, 0.5) is 0 Å². The van der Waals surface area contributed by atoms with Gasteiger partial charge in [0.2, 0.25) is 5.91 Å². The first-order valence-electron chi connectivity index (χ1n) is 9.37. The Morgan fingerprint density at radius 3 is 2.54 bits per heavy atom. The summed E-state index contributed by atoms with van der Waals surface area (Å²) in [4.78, 5) is 16.5. The molecule has 1 aliphatic heterocycles. The lowest BCUT2D eigenvalue weighted by Crippen LogP contribution is -2.45. The lowest BCUT2D eigenvalue weighted by molar-refractivity contribution is -0.134. The van der Waals surface area contributed by atoms with Gasteiger partial charge in [0.15, 0.2) is 0 Å². The second-order valence-corrected chi connectivity index (χ2v) is 6.85. The molecule has 0 unspecified atom stereocenters. The number of aliphatic hydroxyl groups is 1. The van der Waals surface area contributed by atoms with Gasteiger partial charge in [-0.15, -0.1) is 0 Å². The number of amides is 1. The van der Waals surface area contributed by atoms with Crippen LogP contribution in [0.3, 0.4) is 0 Å². The first kappa shape index (κ1) is 18.9. The Morgan fingerprint density at radius 1 is 1.21 bits per heavy atom. The Kier molecular flexibility index (Phi) is 8.26. The largest absolute Gasteiger partial charge is 0.395 e. The lowest BCUT2D eigenvalue weighted by atomic mass is 9.90. The summed E-state index contributed by atoms with van der Waals surface area (Å²) in [5.41, 5.74) is 1.41. The van der Waals surface area contributed by atoms with E-state index >= 15 is 0 Å². The third kappa shape index (κ3) is 6.25. The summed E-state index contributed by atoms with van der Waals surface area (Å²) in [6, 6.07) is 10.7. The zero-order valence-electron chi connectivity index (χ0n) is 15.0. The van der Waals surface area contributed by atoms with E-state index in [4.69, 9.17) is 5.11 Å². The van der Waals surface area contributed by atoms with E-state index in [1.54, 1.807) is 0 Å². The first-order chi connectivity index (χ1) is 11.7. The van der Waals surface area contributed by atoms with Gasteiger partial charge in [0, 0.05) is 19.6 Å². The molecule has 0 saturated carbocycles. The van der Waals surface area contributed by atoms with E-state index < -0.39 is 0 Å². The van der Waals surface area contributed by atoms with E-state index in [0.29, 0.717) is 13.1 Å². The molecule has 0 bridgehead atoms. The number of piperidine rings is 1. The van der Waals surface area contributed by atoms with Gasteiger partial charge in [-0.3, -0.25) is 9.69 Å². The van der Waals surface area contributed by atoms with Gasteiger partial charge in [-0.25, -0.2) is 0 Å². The number of hydrogen-bond acceptors (Lipinski definition) is 3. The first-order valence-corrected chi connectivity index (χ1v) is 9.37. The highest BCUT2D eigenvalue weighted by Crippen LogP contribution is 2.22. The van der Waals surface area contributed by atoms with Gasteiger partial charge in [-0.1, -0.05) is 37.3 Å². The smallest absolute Gasteiger partial charge is 0.236 e. The molecular formula is C20H32N2O2. The third-order valence-corrected chi connectivity index (χ3v) is 4.97. The van der Waals surface area contributed by atoms with Crippen molar-refractivity contribution < 1.29 is 9.90 Å². The van der Waals surface area contributed by atoms with Gasteiger partial charge in [0.1, 0.15) is 0 Å². The average molecular weight is 332 g/mol. The van der Waals surface area contributed by atoms with Crippen molar-refractivity contribution in [2.24, 2.45) is 5.92 Å². The minimum absolute atomic E-state index is 0.120. The van der Waals surface area contributed by atoms with Crippen molar-refractivity contribution in [3.8, 4) is 0 Å². The molecule has 1 N–H and O–H groups in total. The number of rotatable bonds is 9. The molecule has 1 aliphatic rings. The van der Waals surface area contributed by atoms with E-state index in [1.165, 1.54) is 12.0 Å². The highest BCUT2D eigenvalue weighted by Gasteiger charge is 2.23. The summed E-state index contributed by atoms with van der Waals surface area (Å²) in [5.74, 6) is 0.955. The van der Waals surface area contributed by atoms with Crippen molar-refractivity contribution in [2.45, 2.75) is 39.0 Å². The SMILES string of the molecule is CCCN(CCO)CC(=O)N1CCC(CCc2ccccc2)CC1. The molecule has 0 spiro atoms. The average Bonchev–Trinajstić information content (AvgIpc) is 2.62. The molecular weight excluding hydrogens is 300 g/mol. The predicted octanol–water partition coefficient (Wildman–Crippen LogP) is 2.56. The van der Waals surface area contributed by atoms with Gasteiger partial charge >= 0.3 is 0 Å². The number of carbonyl (C=O) groups excluding carboxylic acids is 1. The molecule has 0 aliphatic carbocycles. The van der Waals surface area contributed by atoms with Gasteiger partial charge in [0.05, 0.1) is 13.2 Å². The molecule has 24 heavy (non-hydrogen) atoms. The van der Waals surface area contributed by atoms with Crippen molar-refractivity contribution >= 4 is 5.91 Å². The van der Waals surface area contributed by atoms with Gasteiger partial charge < -0.3 is 10.0 Å². The van der Waals surface area contributed by atoms with Crippen molar-refractivity contribution in [1.82, 2.24) is 9.80 Å². The number of nitrogens with zero attached hydrogens (tertiary/aromatic N) is 2. The number of aliphatic hydroxyl groups excluding tert-OH is 1. The normalized spacial score (nSPS) is 15.9. The number of carbonyl (C=O) groups is 1. The van der Waals surface area contributed by atoms with Crippen molar-refractivity contribution in [3.05, 3.63) is 35.9 Å². The lowest BCUT2D eigenvalue weighted by Gasteiger charge is -2.33. The summed E-state index contributed by atoms with van der Waals surface area (Å²) in [6.45, 7) is 5.91. The molecule has 0 atom stereocenters. The number of benzene rings is 1. The fraction of sp³-hybridized carbons (Fsp3) is 0.650. The Balaban J connectivity index is 1.70. The molecule has 4 nitrogen and oxygen atoms in total. The summed E-state index contributed by atoms with van der Waals surface area (Å²) >= 11 is 0. The van der Waals surface area contributed by atoms with Crippen molar-refractivity contribution in [2.75, 3.05) is 39.3 Å². The summed E-state index contributed by atoms with van der Waals surface area (Å²) in [5, 5.41) is 9.11. The fourth-order valence-electron chi connectivity index (χ4n) is 3.51. The summed E-state index contributed by atoms with van der Waals surface area (Å²) in [7, 11) is 0. The topological polar surface area (TPSA) is 43.8 Å². The maximum Gasteiger partial charge on any atom is 0.236 e. The second-order valence-electron chi connectivity index (χ2n) is 6.85. The highest BCUT2D eigenvalue weighted by molar-refractivity contribution is 5.78. The Labute approximate surface area is 146 Å². The van der Waals surface area contributed by atoms with Crippen molar-refractivity contribution in [1.29, 1.82) is 0 Å². The second kappa shape index (κ2) is 10.5. The number of likely N-dealkylation sites (tertiary alicyclic amines) is 1. The maximum atomic E-state index is 12.4. The number of aryl methyl sites for hydroxylation is 1. The van der Waals surface area contributed by atoms with Crippen LogP contribution in [0.1, 0.15) is 38.2 Å². The van der Waals surface area contributed by atoms with E-state index in [1.807, 2.05) is 4.90 Å². The monoisotopic (exact) mass is 332 g/mol. The molecule has 0 aromatic heterocycles. The van der Waals surface area contributed by atoms with Gasteiger partial charge in [-0.2, -0.15) is 0 Å². The van der Waals surface area contributed by atoms with Crippen LogP contribution in [-0.4, -0.2) is 60.1 Å². The number of hydrogen-bond donors (Lipinski definition) is 1. The minimum atomic E-state index is 0.120. The van der Waals surface area contributed by atoms with Crippen LogP contribution in [0.25, 0.3) is 0 Å². The van der Waals surface area contributed by atoms with Crippen LogP contribution in [0, 0.1) is 5.92 Å². The van der Waals surface area contributed by atoms with Crippen LogP contribution in [0.2, 0.25) is 0 Å². The standard InChI is InChI=1S/C20H32N2O2/c1-2-12-21(15-16-23)17-20(24)22-13-10-19(11-14-22)9-8-18-6-4-3-5-7-18/h3-7,19,23H,2,8-17H2,1H3. The van der Waals surface area contributed by atoms with E-state index in [9.17, 15) is 4.79 Å². The molecule has 0 radical (unpaired) electrons. The van der Waals surface area contributed by atoms with Gasteiger partial charge in [-0.05, 0) is 50.1 Å². The zero-order valence-corrected chi connectivity index (χ0v) is 15.0. The Morgan fingerprint density at radius 2 is 1.92 bits per heavy atom. The Bertz CT molecular complexity index is 464. The van der Waals surface area contributed by atoms with E-state index in [0.717, 1.165) is 51.2 Å². The molecule has 1 fully saturated rings. The summed E-state index contributed by atoms with van der Waals surface area (Å²) < 4.78 is 0. The molecule has 4 heteroatoms. The fourth-order valence-corrected chi connectivity index (χ4v) is 3.51. The maximum absolute atomic E-state index is 12.4. The molecule has 1 aromatic rings. The quantitative estimate of drug-likeness (QED) is 0.756. The highest BCUT2D eigenvalue weighted by atomic mass is 16.3. The zero-order chi connectivity index (χ0) is 17.2. The minimum Gasteiger partial charge on any atom is -0.395 e. The molecule has 1 amide bonds. The van der Waals surface area contributed by atoms with E-state index in [-0.39, 0.29) is 12.5 Å². The molecule has 2 rings (SSSR count). The molecule has 134 valence electrons. The van der Waals surface area contributed by atoms with Crippen molar-refractivity contribution in [3.63, 3.8) is 0 Å². The molecule has 1 saturated heterocycles. The van der Waals surface area contributed by atoms with Crippen LogP contribution in [-0.2, 0) is 11.2 Å². The summed E-state index contributed by atoms with van der Waals surface area (Å²) in [6.07, 6.45) is 5.60. The van der Waals surface area contributed by atoms with E-state index in [2.05, 4.69) is 42.2 Å². The molecule has 1 heterocycles. The van der Waals surface area contributed by atoms with Crippen LogP contribution in [0.15, 0.2) is 30.3 Å². The van der Waals surface area contributed by atoms with Crippen LogP contribution in [0.5, 0.6) is 0 Å². The van der Waals surface area contributed by atoms with Crippen LogP contribution >= 0.6 is 0 Å². The van der Waals surface area contributed by atoms with Crippen LogP contribution < -0.4 is 0 Å². The Hall–Kier alpha value is -1.39. The molecule has 1 aromatic carbocycles. The third-order valence-electron chi connectivity index (χ3n) is 4.97. The predicted molar refractivity (Wildman–Crippen MR) is 97.9 cm³/mol.